The van der Waals surface area contributed by atoms with Crippen LogP contribution in [0.5, 0.6) is 11.5 Å². The van der Waals surface area contributed by atoms with Crippen LogP contribution in [-0.2, 0) is 6.54 Å². The van der Waals surface area contributed by atoms with Gasteiger partial charge in [0.15, 0.2) is 11.5 Å². The highest BCUT2D eigenvalue weighted by atomic mass is 16.7. The van der Waals surface area contributed by atoms with Crippen molar-refractivity contribution in [2.45, 2.75) is 25.4 Å². The zero-order chi connectivity index (χ0) is 14.9. The van der Waals surface area contributed by atoms with Crippen LogP contribution in [0.15, 0.2) is 42.7 Å². The summed E-state index contributed by atoms with van der Waals surface area (Å²) in [7, 11) is 0. The molecule has 0 radical (unpaired) electrons. The zero-order valence-corrected chi connectivity index (χ0v) is 12.1. The molecule has 112 valence electrons. The van der Waals surface area contributed by atoms with Gasteiger partial charge in [-0.1, -0.05) is 6.07 Å². The lowest BCUT2D eigenvalue weighted by Gasteiger charge is -2.22. The highest BCUT2D eigenvalue weighted by Gasteiger charge is 2.33. The molecule has 0 N–H and O–H groups in total. The first-order valence-corrected chi connectivity index (χ1v) is 7.41. The van der Waals surface area contributed by atoms with Crippen LogP contribution in [0.3, 0.4) is 0 Å². The van der Waals surface area contributed by atoms with E-state index in [9.17, 15) is 4.79 Å². The summed E-state index contributed by atoms with van der Waals surface area (Å²) in [6.45, 7) is 0.806. The highest BCUT2D eigenvalue weighted by molar-refractivity contribution is 5.95. The first kappa shape index (κ1) is 13.1. The van der Waals surface area contributed by atoms with Gasteiger partial charge in [-0.25, -0.2) is 0 Å². The molecule has 2 aliphatic rings. The van der Waals surface area contributed by atoms with Crippen molar-refractivity contribution in [1.29, 1.82) is 0 Å². The van der Waals surface area contributed by atoms with E-state index in [1.165, 1.54) is 0 Å². The molecule has 0 unspecified atom stereocenters. The number of ether oxygens (including phenoxy) is 2. The van der Waals surface area contributed by atoms with Gasteiger partial charge in [0.05, 0.1) is 0 Å². The Hall–Kier alpha value is -2.56. The summed E-state index contributed by atoms with van der Waals surface area (Å²) in [4.78, 5) is 18.9. The van der Waals surface area contributed by atoms with Crippen LogP contribution in [0.1, 0.15) is 28.8 Å². The summed E-state index contributed by atoms with van der Waals surface area (Å²) in [5.74, 6) is 1.37. The summed E-state index contributed by atoms with van der Waals surface area (Å²) in [5, 5.41) is 0. The Balaban J connectivity index is 1.58. The Morgan fingerprint density at radius 1 is 1.23 bits per heavy atom. The van der Waals surface area contributed by atoms with Crippen molar-refractivity contribution in [1.82, 2.24) is 9.88 Å². The Morgan fingerprint density at radius 2 is 2.09 bits per heavy atom. The monoisotopic (exact) mass is 296 g/mol. The number of fused-ring (bicyclic) bond motifs is 1. The molecule has 1 amide bonds. The number of benzene rings is 1. The van der Waals surface area contributed by atoms with Crippen LogP contribution in [-0.4, -0.2) is 28.6 Å². The molecule has 22 heavy (non-hydrogen) atoms. The van der Waals surface area contributed by atoms with Gasteiger partial charge in [-0.05, 0) is 42.7 Å². The summed E-state index contributed by atoms with van der Waals surface area (Å²) in [6.07, 6.45) is 5.68. The van der Waals surface area contributed by atoms with Gasteiger partial charge in [-0.3, -0.25) is 9.78 Å². The smallest absolute Gasteiger partial charge is 0.254 e. The van der Waals surface area contributed by atoms with Gasteiger partial charge in [0, 0.05) is 30.5 Å². The van der Waals surface area contributed by atoms with E-state index in [1.54, 1.807) is 24.4 Å². The van der Waals surface area contributed by atoms with Gasteiger partial charge in [0.25, 0.3) is 5.91 Å². The van der Waals surface area contributed by atoms with Crippen LogP contribution in [0.25, 0.3) is 0 Å². The molecule has 1 aliphatic heterocycles. The number of hydrogen-bond donors (Lipinski definition) is 0. The molecule has 0 atom stereocenters. The predicted molar refractivity (Wildman–Crippen MR) is 79.7 cm³/mol. The average molecular weight is 296 g/mol. The molecule has 4 rings (SSSR count). The maximum atomic E-state index is 12.8. The third-order valence-corrected chi connectivity index (χ3v) is 3.94. The van der Waals surface area contributed by atoms with E-state index in [-0.39, 0.29) is 12.7 Å². The zero-order valence-electron chi connectivity index (χ0n) is 12.1. The van der Waals surface area contributed by atoms with Gasteiger partial charge in [-0.15, -0.1) is 0 Å². The van der Waals surface area contributed by atoms with Crippen molar-refractivity contribution >= 4 is 5.91 Å². The van der Waals surface area contributed by atoms with E-state index in [0.717, 1.165) is 18.4 Å². The van der Waals surface area contributed by atoms with Crippen LogP contribution in [0.4, 0.5) is 0 Å². The molecular formula is C17H16N2O3. The van der Waals surface area contributed by atoms with E-state index in [0.29, 0.717) is 29.6 Å². The molecule has 0 bridgehead atoms. The normalized spacial score (nSPS) is 15.6. The number of hydrogen-bond acceptors (Lipinski definition) is 4. The molecule has 5 heteroatoms. The standard InChI is InChI=1S/C17H16N2O3/c20-17(13-3-6-15-16(8-13)22-11-21-15)19(14-4-5-14)10-12-2-1-7-18-9-12/h1-3,6-9,14H,4-5,10-11H2. The minimum absolute atomic E-state index is 0.0321. The minimum atomic E-state index is 0.0321. The lowest BCUT2D eigenvalue weighted by atomic mass is 10.1. The second-order valence-corrected chi connectivity index (χ2v) is 5.59. The first-order chi connectivity index (χ1) is 10.8. The fraction of sp³-hybridized carbons (Fsp3) is 0.294. The third kappa shape index (κ3) is 2.50. The van der Waals surface area contributed by atoms with E-state index >= 15 is 0 Å². The van der Waals surface area contributed by atoms with Crippen molar-refractivity contribution in [3.63, 3.8) is 0 Å². The summed E-state index contributed by atoms with van der Waals surface area (Å²) >= 11 is 0. The summed E-state index contributed by atoms with van der Waals surface area (Å²) < 4.78 is 10.7. The number of pyridine rings is 1. The van der Waals surface area contributed by atoms with Crippen LogP contribution in [0.2, 0.25) is 0 Å². The van der Waals surface area contributed by atoms with E-state index < -0.39 is 0 Å². The van der Waals surface area contributed by atoms with Crippen molar-refractivity contribution in [2.75, 3.05) is 6.79 Å². The van der Waals surface area contributed by atoms with Crippen LogP contribution >= 0.6 is 0 Å². The van der Waals surface area contributed by atoms with Crippen molar-refractivity contribution in [3.05, 3.63) is 53.9 Å². The van der Waals surface area contributed by atoms with E-state index in [1.807, 2.05) is 23.2 Å². The lowest BCUT2D eigenvalue weighted by molar-refractivity contribution is 0.0729. The summed E-state index contributed by atoms with van der Waals surface area (Å²) in [6, 6.07) is 9.58. The molecule has 1 aromatic heterocycles. The molecule has 0 spiro atoms. The maximum Gasteiger partial charge on any atom is 0.254 e. The molecule has 2 heterocycles. The number of carbonyl (C=O) groups excluding carboxylic acids is 1. The topological polar surface area (TPSA) is 51.7 Å². The molecule has 5 nitrogen and oxygen atoms in total. The summed E-state index contributed by atoms with van der Waals surface area (Å²) in [5.41, 5.74) is 1.68. The largest absolute Gasteiger partial charge is 0.454 e. The maximum absolute atomic E-state index is 12.8. The SMILES string of the molecule is O=C(c1ccc2c(c1)OCO2)N(Cc1cccnc1)C1CC1. The lowest BCUT2D eigenvalue weighted by Crippen LogP contribution is -2.32. The second-order valence-electron chi connectivity index (χ2n) is 5.59. The average Bonchev–Trinajstić information content (AvgIpc) is 3.29. The Labute approximate surface area is 128 Å². The van der Waals surface area contributed by atoms with Gasteiger partial charge in [-0.2, -0.15) is 0 Å². The number of carbonyl (C=O) groups is 1. The van der Waals surface area contributed by atoms with Gasteiger partial charge in [0.1, 0.15) is 0 Å². The quantitative estimate of drug-likeness (QED) is 0.870. The van der Waals surface area contributed by atoms with Gasteiger partial charge >= 0.3 is 0 Å². The molecule has 1 aliphatic carbocycles. The number of amides is 1. The Bertz CT molecular complexity index is 698. The fourth-order valence-electron chi connectivity index (χ4n) is 2.64. The first-order valence-electron chi connectivity index (χ1n) is 7.41. The van der Waals surface area contributed by atoms with Gasteiger partial charge < -0.3 is 14.4 Å². The van der Waals surface area contributed by atoms with Crippen molar-refractivity contribution in [2.24, 2.45) is 0 Å². The van der Waals surface area contributed by atoms with E-state index in [4.69, 9.17) is 9.47 Å². The highest BCUT2D eigenvalue weighted by Crippen LogP contribution is 2.34. The number of aromatic nitrogens is 1. The Morgan fingerprint density at radius 3 is 2.86 bits per heavy atom. The third-order valence-electron chi connectivity index (χ3n) is 3.94. The van der Waals surface area contributed by atoms with Crippen LogP contribution in [0, 0.1) is 0 Å². The van der Waals surface area contributed by atoms with Crippen LogP contribution < -0.4 is 9.47 Å². The molecule has 1 fully saturated rings. The number of rotatable bonds is 4. The van der Waals surface area contributed by atoms with Crippen molar-refractivity contribution in [3.8, 4) is 11.5 Å². The molecule has 1 aromatic carbocycles. The molecular weight excluding hydrogens is 280 g/mol. The molecule has 1 saturated carbocycles. The second kappa shape index (κ2) is 5.33. The molecule has 0 saturated heterocycles. The molecule has 2 aromatic rings. The Kier molecular flexibility index (Phi) is 3.18. The number of nitrogens with zero attached hydrogens (tertiary/aromatic N) is 2. The fourth-order valence-corrected chi connectivity index (χ4v) is 2.64. The van der Waals surface area contributed by atoms with E-state index in [2.05, 4.69) is 4.98 Å². The predicted octanol–water partition coefficient (Wildman–Crippen LogP) is 2.62. The van der Waals surface area contributed by atoms with Gasteiger partial charge in [0.2, 0.25) is 6.79 Å². The minimum Gasteiger partial charge on any atom is -0.454 e. The van der Waals surface area contributed by atoms with Crippen molar-refractivity contribution < 1.29 is 14.3 Å².